The molecule has 0 amide bonds. The minimum Gasteiger partial charge on any atom is -0.368 e. The Hall–Kier alpha value is -1.04. The van der Waals surface area contributed by atoms with Gasteiger partial charge in [-0.1, -0.05) is 6.92 Å². The molecule has 1 aromatic heterocycles. The molecule has 1 aliphatic heterocycles. The van der Waals surface area contributed by atoms with Crippen molar-refractivity contribution in [2.24, 2.45) is 5.73 Å². The Labute approximate surface area is 108 Å². The fourth-order valence-electron chi connectivity index (χ4n) is 2.22. The first kappa shape index (κ1) is 13.4. The first-order chi connectivity index (χ1) is 8.72. The van der Waals surface area contributed by atoms with Crippen LogP contribution < -0.4 is 5.73 Å². The van der Waals surface area contributed by atoms with Crippen molar-refractivity contribution in [2.75, 3.05) is 32.8 Å². The summed E-state index contributed by atoms with van der Waals surface area (Å²) in [4.78, 5) is 11.4. The van der Waals surface area contributed by atoms with Gasteiger partial charge in [-0.25, -0.2) is 9.97 Å². The third-order valence-electron chi connectivity index (χ3n) is 3.21. The summed E-state index contributed by atoms with van der Waals surface area (Å²) >= 11 is 0. The number of aryl methyl sites for hydroxylation is 1. The number of nitrogens with zero attached hydrogens (tertiary/aromatic N) is 3. The number of hydrogen-bond donors (Lipinski definition) is 1. The molecule has 0 saturated carbocycles. The number of hydrogen-bond acceptors (Lipinski definition) is 5. The second-order valence-corrected chi connectivity index (χ2v) is 4.65. The lowest BCUT2D eigenvalue weighted by Crippen LogP contribution is -2.38. The molecule has 1 aromatic rings. The molecule has 0 spiro atoms. The highest BCUT2D eigenvalue weighted by molar-refractivity contribution is 5.12. The average Bonchev–Trinajstić information content (AvgIpc) is 2.38. The van der Waals surface area contributed by atoms with E-state index in [2.05, 4.69) is 21.8 Å². The van der Waals surface area contributed by atoms with Crippen LogP contribution in [0.2, 0.25) is 0 Å². The van der Waals surface area contributed by atoms with E-state index >= 15 is 0 Å². The summed E-state index contributed by atoms with van der Waals surface area (Å²) in [5.74, 6) is 0.802. The molecule has 5 heteroatoms. The molecule has 100 valence electrons. The van der Waals surface area contributed by atoms with E-state index in [1.54, 1.807) is 0 Å². The molecule has 2 rings (SSSR count). The first-order valence-corrected chi connectivity index (χ1v) is 6.61. The van der Waals surface area contributed by atoms with Gasteiger partial charge in [0.05, 0.1) is 6.61 Å². The van der Waals surface area contributed by atoms with Gasteiger partial charge in [-0.15, -0.1) is 0 Å². The third kappa shape index (κ3) is 3.25. The summed E-state index contributed by atoms with van der Waals surface area (Å²) in [6, 6.07) is 2.00. The Morgan fingerprint density at radius 2 is 2.33 bits per heavy atom. The van der Waals surface area contributed by atoms with E-state index in [1.165, 1.54) is 0 Å². The number of ether oxygens (including phenoxy) is 1. The Morgan fingerprint density at radius 1 is 1.50 bits per heavy atom. The number of likely N-dealkylation sites (N-methyl/N-ethyl adjacent to an activating group) is 1. The lowest BCUT2D eigenvalue weighted by molar-refractivity contribution is -0.0327. The van der Waals surface area contributed by atoms with Gasteiger partial charge in [0.15, 0.2) is 5.82 Å². The van der Waals surface area contributed by atoms with E-state index in [4.69, 9.17) is 10.5 Å². The molecule has 0 aromatic carbocycles. The van der Waals surface area contributed by atoms with Crippen LogP contribution in [0.1, 0.15) is 30.2 Å². The van der Waals surface area contributed by atoms with Crippen molar-refractivity contribution in [3.63, 3.8) is 0 Å². The fourth-order valence-corrected chi connectivity index (χ4v) is 2.22. The Morgan fingerprint density at radius 3 is 3.06 bits per heavy atom. The zero-order valence-corrected chi connectivity index (χ0v) is 11.2. The van der Waals surface area contributed by atoms with Crippen LogP contribution in [0.4, 0.5) is 0 Å². The van der Waals surface area contributed by atoms with Crippen LogP contribution in [0, 0.1) is 6.92 Å². The van der Waals surface area contributed by atoms with Gasteiger partial charge in [-0.05, 0) is 26.1 Å². The largest absolute Gasteiger partial charge is 0.368 e. The molecule has 1 fully saturated rings. The smallest absolute Gasteiger partial charge is 0.158 e. The second-order valence-electron chi connectivity index (χ2n) is 4.65. The highest BCUT2D eigenvalue weighted by atomic mass is 16.5. The standard InChI is InChI=1S/C13H22N4O/c1-3-17-6-7-18-12(9-17)13-15-10(2)8-11(16-13)4-5-14/h8,12H,3-7,9,14H2,1-2H3. The highest BCUT2D eigenvalue weighted by Gasteiger charge is 2.23. The minimum absolute atomic E-state index is 0.00451. The Kier molecular flexibility index (Phi) is 4.63. The van der Waals surface area contributed by atoms with E-state index < -0.39 is 0 Å². The van der Waals surface area contributed by atoms with Crippen LogP contribution in [0.25, 0.3) is 0 Å². The molecule has 2 heterocycles. The Bertz CT molecular complexity index is 397. The maximum absolute atomic E-state index is 5.79. The molecule has 5 nitrogen and oxygen atoms in total. The molecule has 1 aliphatic rings. The molecule has 0 radical (unpaired) electrons. The van der Waals surface area contributed by atoms with Crippen molar-refractivity contribution in [1.29, 1.82) is 0 Å². The van der Waals surface area contributed by atoms with Gasteiger partial charge >= 0.3 is 0 Å². The molecule has 18 heavy (non-hydrogen) atoms. The SMILES string of the molecule is CCN1CCOC(c2nc(C)cc(CCN)n2)C1. The zero-order chi connectivity index (χ0) is 13.0. The molecular weight excluding hydrogens is 228 g/mol. The number of aromatic nitrogens is 2. The van der Waals surface area contributed by atoms with Crippen molar-refractivity contribution < 1.29 is 4.74 Å². The first-order valence-electron chi connectivity index (χ1n) is 6.61. The van der Waals surface area contributed by atoms with E-state index in [0.717, 1.165) is 49.9 Å². The average molecular weight is 250 g/mol. The van der Waals surface area contributed by atoms with E-state index in [-0.39, 0.29) is 6.10 Å². The van der Waals surface area contributed by atoms with Gasteiger partial charge in [0.25, 0.3) is 0 Å². The van der Waals surface area contributed by atoms with E-state index in [1.807, 2.05) is 13.0 Å². The summed E-state index contributed by atoms with van der Waals surface area (Å²) in [5.41, 5.74) is 7.58. The van der Waals surface area contributed by atoms with Gasteiger partial charge in [0.1, 0.15) is 6.10 Å². The topological polar surface area (TPSA) is 64.3 Å². The van der Waals surface area contributed by atoms with Crippen molar-refractivity contribution in [3.8, 4) is 0 Å². The van der Waals surface area contributed by atoms with E-state index in [9.17, 15) is 0 Å². The van der Waals surface area contributed by atoms with Crippen LogP contribution in [0.5, 0.6) is 0 Å². The molecule has 2 N–H and O–H groups in total. The predicted octanol–water partition coefficient (Wildman–Crippen LogP) is 0.679. The summed E-state index contributed by atoms with van der Waals surface area (Å²) in [6.45, 7) is 8.44. The van der Waals surface area contributed by atoms with Crippen LogP contribution in [-0.2, 0) is 11.2 Å². The Balaban J connectivity index is 2.16. The maximum atomic E-state index is 5.79. The van der Waals surface area contributed by atoms with Crippen molar-refractivity contribution in [2.45, 2.75) is 26.4 Å². The van der Waals surface area contributed by atoms with Crippen LogP contribution in [-0.4, -0.2) is 47.7 Å². The molecule has 1 saturated heterocycles. The van der Waals surface area contributed by atoms with Crippen LogP contribution in [0.15, 0.2) is 6.07 Å². The number of morpholine rings is 1. The van der Waals surface area contributed by atoms with E-state index in [0.29, 0.717) is 6.54 Å². The predicted molar refractivity (Wildman–Crippen MR) is 70.3 cm³/mol. The van der Waals surface area contributed by atoms with Crippen molar-refractivity contribution in [1.82, 2.24) is 14.9 Å². The normalized spacial score (nSPS) is 21.2. The van der Waals surface area contributed by atoms with Gasteiger partial charge < -0.3 is 10.5 Å². The minimum atomic E-state index is -0.00451. The lowest BCUT2D eigenvalue weighted by Gasteiger charge is -2.31. The molecular formula is C13H22N4O. The van der Waals surface area contributed by atoms with Gasteiger partial charge in [-0.2, -0.15) is 0 Å². The third-order valence-corrected chi connectivity index (χ3v) is 3.21. The summed E-state index contributed by atoms with van der Waals surface area (Å²) in [6.07, 6.45) is 0.788. The number of rotatable bonds is 4. The monoisotopic (exact) mass is 250 g/mol. The fraction of sp³-hybridized carbons (Fsp3) is 0.692. The van der Waals surface area contributed by atoms with Crippen molar-refractivity contribution >= 4 is 0 Å². The summed E-state index contributed by atoms with van der Waals surface area (Å²) in [7, 11) is 0. The molecule has 0 bridgehead atoms. The summed E-state index contributed by atoms with van der Waals surface area (Å²) in [5, 5.41) is 0. The van der Waals surface area contributed by atoms with Gasteiger partial charge in [-0.3, -0.25) is 4.90 Å². The maximum Gasteiger partial charge on any atom is 0.158 e. The van der Waals surface area contributed by atoms with Crippen molar-refractivity contribution in [3.05, 3.63) is 23.3 Å². The molecule has 1 unspecified atom stereocenters. The molecule has 0 aliphatic carbocycles. The van der Waals surface area contributed by atoms with Gasteiger partial charge in [0, 0.05) is 30.9 Å². The van der Waals surface area contributed by atoms with Crippen LogP contribution in [0.3, 0.4) is 0 Å². The highest BCUT2D eigenvalue weighted by Crippen LogP contribution is 2.19. The quantitative estimate of drug-likeness (QED) is 0.851. The summed E-state index contributed by atoms with van der Waals surface area (Å²) < 4.78 is 5.79. The number of nitrogens with two attached hydrogens (primary N) is 1. The zero-order valence-electron chi connectivity index (χ0n) is 11.2. The second kappa shape index (κ2) is 6.22. The van der Waals surface area contributed by atoms with Crippen LogP contribution >= 0.6 is 0 Å². The van der Waals surface area contributed by atoms with Gasteiger partial charge in [0.2, 0.25) is 0 Å². The molecule has 1 atom stereocenters. The lowest BCUT2D eigenvalue weighted by atomic mass is 10.2.